The van der Waals surface area contributed by atoms with Crippen LogP contribution in [0.5, 0.6) is 5.75 Å². The standard InChI is InChI=1S/C19H20ClNO4/c1-12(2)25-17-9-8-14(11-16(17)20)21-18(22)10-7-13-5-3-4-6-15(13)19(23)24/h3-6,8-9,11-12H,7,10H2,1-2H3,(H,21,22)(H,23,24). The van der Waals surface area contributed by atoms with E-state index in [1.54, 1.807) is 36.4 Å². The lowest BCUT2D eigenvalue weighted by Crippen LogP contribution is -2.13. The van der Waals surface area contributed by atoms with Crippen LogP contribution < -0.4 is 10.1 Å². The van der Waals surface area contributed by atoms with Crippen LogP contribution in [0.1, 0.15) is 36.2 Å². The lowest BCUT2D eigenvalue weighted by Gasteiger charge is -2.13. The summed E-state index contributed by atoms with van der Waals surface area (Å²) in [5, 5.41) is 12.3. The molecular weight excluding hydrogens is 342 g/mol. The van der Waals surface area contributed by atoms with Gasteiger partial charge in [0, 0.05) is 12.1 Å². The number of carboxylic acids is 1. The van der Waals surface area contributed by atoms with E-state index in [4.69, 9.17) is 21.4 Å². The molecule has 0 unspecified atom stereocenters. The van der Waals surface area contributed by atoms with E-state index in [9.17, 15) is 9.59 Å². The van der Waals surface area contributed by atoms with E-state index in [1.165, 1.54) is 6.07 Å². The van der Waals surface area contributed by atoms with Crippen LogP contribution >= 0.6 is 11.6 Å². The number of hydrogen-bond donors (Lipinski definition) is 2. The van der Waals surface area contributed by atoms with Crippen LogP contribution in [0.25, 0.3) is 0 Å². The first-order chi connectivity index (χ1) is 11.9. The molecule has 0 saturated carbocycles. The third kappa shape index (κ3) is 5.50. The van der Waals surface area contributed by atoms with Crippen LogP contribution in [0.3, 0.4) is 0 Å². The Bertz CT molecular complexity index is 774. The Morgan fingerprint density at radius 2 is 1.92 bits per heavy atom. The second-order valence-corrected chi connectivity index (χ2v) is 6.23. The first-order valence-electron chi connectivity index (χ1n) is 7.94. The van der Waals surface area contributed by atoms with E-state index in [2.05, 4.69) is 5.32 Å². The van der Waals surface area contributed by atoms with Crippen molar-refractivity contribution in [3.05, 3.63) is 58.6 Å². The number of carbonyl (C=O) groups excluding carboxylic acids is 1. The van der Waals surface area contributed by atoms with Crippen molar-refractivity contribution in [1.29, 1.82) is 0 Å². The van der Waals surface area contributed by atoms with Crippen LogP contribution in [0.15, 0.2) is 42.5 Å². The summed E-state index contributed by atoms with van der Waals surface area (Å²) in [6.07, 6.45) is 0.523. The summed E-state index contributed by atoms with van der Waals surface area (Å²) in [4.78, 5) is 23.3. The largest absolute Gasteiger partial charge is 0.489 e. The molecule has 0 radical (unpaired) electrons. The molecule has 2 aromatic rings. The Morgan fingerprint density at radius 1 is 1.20 bits per heavy atom. The molecular formula is C19H20ClNO4. The van der Waals surface area contributed by atoms with Crippen molar-refractivity contribution in [2.24, 2.45) is 0 Å². The molecule has 132 valence electrons. The number of carbonyl (C=O) groups is 2. The lowest BCUT2D eigenvalue weighted by molar-refractivity contribution is -0.116. The van der Waals surface area contributed by atoms with Crippen molar-refractivity contribution >= 4 is 29.2 Å². The highest BCUT2D eigenvalue weighted by Gasteiger charge is 2.11. The van der Waals surface area contributed by atoms with E-state index < -0.39 is 5.97 Å². The summed E-state index contributed by atoms with van der Waals surface area (Å²) < 4.78 is 5.55. The summed E-state index contributed by atoms with van der Waals surface area (Å²) in [6.45, 7) is 3.81. The van der Waals surface area contributed by atoms with Gasteiger partial charge in [0.15, 0.2) is 0 Å². The Morgan fingerprint density at radius 3 is 2.56 bits per heavy atom. The van der Waals surface area contributed by atoms with E-state index in [-0.39, 0.29) is 24.0 Å². The van der Waals surface area contributed by atoms with E-state index in [1.807, 2.05) is 13.8 Å². The molecule has 0 aliphatic heterocycles. The fourth-order valence-corrected chi connectivity index (χ4v) is 2.57. The van der Waals surface area contributed by atoms with Crippen molar-refractivity contribution in [1.82, 2.24) is 0 Å². The average molecular weight is 362 g/mol. The maximum absolute atomic E-state index is 12.1. The Balaban J connectivity index is 1.97. The number of aryl methyl sites for hydroxylation is 1. The minimum absolute atomic E-state index is 0.00671. The van der Waals surface area contributed by atoms with Crippen LogP contribution in [-0.4, -0.2) is 23.1 Å². The number of aromatic carboxylic acids is 1. The van der Waals surface area contributed by atoms with Crippen molar-refractivity contribution < 1.29 is 19.4 Å². The molecule has 0 aromatic heterocycles. The van der Waals surface area contributed by atoms with Gasteiger partial charge < -0.3 is 15.2 Å². The van der Waals surface area contributed by atoms with Crippen LogP contribution in [0.4, 0.5) is 5.69 Å². The molecule has 25 heavy (non-hydrogen) atoms. The van der Waals surface area contributed by atoms with Gasteiger partial charge in [0.05, 0.1) is 16.7 Å². The molecule has 1 amide bonds. The number of rotatable bonds is 7. The van der Waals surface area contributed by atoms with Crippen molar-refractivity contribution in [3.8, 4) is 5.75 Å². The summed E-state index contributed by atoms with van der Waals surface area (Å²) in [6, 6.07) is 11.7. The zero-order valence-electron chi connectivity index (χ0n) is 14.1. The maximum Gasteiger partial charge on any atom is 0.335 e. The molecule has 0 aliphatic rings. The first-order valence-corrected chi connectivity index (χ1v) is 8.32. The second kappa shape index (κ2) is 8.53. The Labute approximate surface area is 151 Å². The van der Waals surface area contributed by atoms with Crippen molar-refractivity contribution in [2.45, 2.75) is 32.8 Å². The van der Waals surface area contributed by atoms with Crippen LogP contribution in [0.2, 0.25) is 5.02 Å². The van der Waals surface area contributed by atoms with Gasteiger partial charge in [0.2, 0.25) is 5.91 Å². The van der Waals surface area contributed by atoms with Gasteiger partial charge in [-0.1, -0.05) is 29.8 Å². The monoisotopic (exact) mass is 361 g/mol. The third-order valence-electron chi connectivity index (χ3n) is 3.45. The SMILES string of the molecule is CC(C)Oc1ccc(NC(=O)CCc2ccccc2C(=O)O)cc1Cl. The highest BCUT2D eigenvalue weighted by atomic mass is 35.5. The first kappa shape index (κ1) is 18.8. The average Bonchev–Trinajstić information content (AvgIpc) is 2.55. The number of benzene rings is 2. The number of amides is 1. The van der Waals surface area contributed by atoms with Gasteiger partial charge in [-0.2, -0.15) is 0 Å². The highest BCUT2D eigenvalue weighted by molar-refractivity contribution is 6.32. The van der Waals surface area contributed by atoms with Gasteiger partial charge in [0.1, 0.15) is 5.75 Å². The Kier molecular flexibility index (Phi) is 6.42. The zero-order chi connectivity index (χ0) is 18.4. The molecule has 5 nitrogen and oxygen atoms in total. The molecule has 0 heterocycles. The van der Waals surface area contributed by atoms with Gasteiger partial charge >= 0.3 is 5.97 Å². The van der Waals surface area contributed by atoms with E-state index in [0.717, 1.165) is 0 Å². The predicted octanol–water partition coefficient (Wildman–Crippen LogP) is 4.40. The molecule has 2 rings (SSSR count). The van der Waals surface area contributed by atoms with E-state index >= 15 is 0 Å². The predicted molar refractivity (Wildman–Crippen MR) is 97.6 cm³/mol. The number of carboxylic acid groups (broad SMARTS) is 1. The second-order valence-electron chi connectivity index (χ2n) is 5.82. The Hall–Kier alpha value is -2.53. The molecule has 0 atom stereocenters. The lowest BCUT2D eigenvalue weighted by atomic mass is 10.0. The van der Waals surface area contributed by atoms with Gasteiger partial charge in [-0.25, -0.2) is 4.79 Å². The van der Waals surface area contributed by atoms with Crippen molar-refractivity contribution in [3.63, 3.8) is 0 Å². The molecule has 6 heteroatoms. The molecule has 0 spiro atoms. The normalized spacial score (nSPS) is 10.6. The summed E-state index contributed by atoms with van der Waals surface area (Å²) in [5.41, 5.74) is 1.41. The summed E-state index contributed by atoms with van der Waals surface area (Å²) in [5.74, 6) is -0.651. The van der Waals surface area contributed by atoms with E-state index in [0.29, 0.717) is 28.4 Å². The number of anilines is 1. The van der Waals surface area contributed by atoms with Gasteiger partial charge in [0.25, 0.3) is 0 Å². The zero-order valence-corrected chi connectivity index (χ0v) is 14.8. The molecule has 0 saturated heterocycles. The minimum atomic E-state index is -0.997. The number of hydrogen-bond acceptors (Lipinski definition) is 3. The smallest absolute Gasteiger partial charge is 0.335 e. The topological polar surface area (TPSA) is 75.6 Å². The molecule has 2 aromatic carbocycles. The molecule has 0 aliphatic carbocycles. The summed E-state index contributed by atoms with van der Waals surface area (Å²) in [7, 11) is 0. The molecule has 0 fully saturated rings. The number of halogens is 1. The van der Waals surface area contributed by atoms with Crippen LogP contribution in [0, 0.1) is 0 Å². The summed E-state index contributed by atoms with van der Waals surface area (Å²) >= 11 is 6.14. The quantitative estimate of drug-likeness (QED) is 0.766. The fraction of sp³-hybridized carbons (Fsp3) is 0.263. The highest BCUT2D eigenvalue weighted by Crippen LogP contribution is 2.28. The molecule has 2 N–H and O–H groups in total. The fourth-order valence-electron chi connectivity index (χ4n) is 2.35. The van der Waals surface area contributed by atoms with Crippen molar-refractivity contribution in [2.75, 3.05) is 5.32 Å². The minimum Gasteiger partial charge on any atom is -0.489 e. The maximum atomic E-state index is 12.1. The number of ether oxygens (including phenoxy) is 1. The van der Waals surface area contributed by atoms with Crippen LogP contribution in [-0.2, 0) is 11.2 Å². The third-order valence-corrected chi connectivity index (χ3v) is 3.74. The van der Waals surface area contributed by atoms with Gasteiger partial charge in [-0.3, -0.25) is 4.79 Å². The molecule has 0 bridgehead atoms. The number of nitrogens with one attached hydrogen (secondary N) is 1. The van der Waals surface area contributed by atoms with Gasteiger partial charge in [-0.15, -0.1) is 0 Å². The van der Waals surface area contributed by atoms with Gasteiger partial charge in [-0.05, 0) is 50.1 Å².